The molecule has 5 rings (SSSR count). The average molecular weight is 536 g/mol. The quantitative estimate of drug-likeness (QED) is 0.276. The highest BCUT2D eigenvalue weighted by atomic mass is 32.4. The maximum absolute atomic E-state index is 13.0. The molecule has 0 saturated heterocycles. The average Bonchev–Trinajstić information content (AvgIpc) is 2.76. The van der Waals surface area contributed by atoms with Gasteiger partial charge in [-0.2, -0.15) is 0 Å². The third kappa shape index (κ3) is 7.11. The molecule has 0 heterocycles. The van der Waals surface area contributed by atoms with Crippen LogP contribution in [0.1, 0.15) is 78.2 Å². The zero-order valence-electron chi connectivity index (χ0n) is 22.2. The number of hydrogen-bond donors (Lipinski definition) is 1. The lowest BCUT2D eigenvalue weighted by atomic mass is 9.54. The minimum Gasteiger partial charge on any atom is -0.466 e. The van der Waals surface area contributed by atoms with Gasteiger partial charge in [-0.25, -0.2) is 4.79 Å². The number of rotatable bonds is 10. The molecule has 200 valence electrons. The number of alkyl carbamates (subject to hydrolysis) is 1. The molecule has 0 aliphatic heterocycles. The summed E-state index contributed by atoms with van der Waals surface area (Å²) in [6.45, 7) is 7.69. The summed E-state index contributed by atoms with van der Waals surface area (Å²) in [6.07, 6.45) is 4.95. The van der Waals surface area contributed by atoms with Crippen molar-refractivity contribution in [3.8, 4) is 0 Å². The van der Waals surface area contributed by atoms with Gasteiger partial charge in [-0.15, -0.1) is 0 Å². The summed E-state index contributed by atoms with van der Waals surface area (Å²) in [4.78, 5) is 25.4. The molecule has 4 bridgehead atoms. The Bertz CT molecular complexity index is 941. The van der Waals surface area contributed by atoms with Crippen LogP contribution in [-0.2, 0) is 37.0 Å². The van der Waals surface area contributed by atoms with Crippen LogP contribution in [0.5, 0.6) is 0 Å². The highest BCUT2D eigenvalue weighted by molar-refractivity contribution is 8.12. The SMILES string of the molecule is CCOC(=O)CCP(=S)(OC12CC3CC(CC(C3)C1)C2)C(Cc1ccccc1)NC(=O)OC(C)(C)C. The fourth-order valence-electron chi connectivity index (χ4n) is 6.79. The fraction of sp³-hybridized carbons (Fsp3) is 0.714. The van der Waals surface area contributed by atoms with E-state index in [1.165, 1.54) is 19.3 Å². The summed E-state index contributed by atoms with van der Waals surface area (Å²) in [5.41, 5.74) is 0.206. The van der Waals surface area contributed by atoms with Gasteiger partial charge in [-0.05, 0) is 96.0 Å². The zero-order valence-corrected chi connectivity index (χ0v) is 23.9. The second-order valence-electron chi connectivity index (χ2n) is 12.0. The first kappa shape index (κ1) is 27.6. The monoisotopic (exact) mass is 535 g/mol. The molecule has 0 aromatic heterocycles. The Morgan fingerprint density at radius 2 is 1.67 bits per heavy atom. The molecular formula is C28H42NO5PS. The number of carbonyl (C=O) groups is 2. The van der Waals surface area contributed by atoms with Gasteiger partial charge in [-0.1, -0.05) is 42.1 Å². The van der Waals surface area contributed by atoms with Gasteiger partial charge in [0.1, 0.15) is 5.60 Å². The summed E-state index contributed by atoms with van der Waals surface area (Å²) in [7, 11) is 0. The number of carbonyl (C=O) groups excluding carboxylic acids is 2. The van der Waals surface area contributed by atoms with E-state index in [0.29, 0.717) is 36.9 Å². The Labute approximate surface area is 221 Å². The van der Waals surface area contributed by atoms with Crippen LogP contribution in [0, 0.1) is 17.8 Å². The van der Waals surface area contributed by atoms with Crippen LogP contribution in [0.3, 0.4) is 0 Å². The minimum atomic E-state index is -2.72. The van der Waals surface area contributed by atoms with E-state index in [-0.39, 0.29) is 18.0 Å². The van der Waals surface area contributed by atoms with E-state index in [1.54, 1.807) is 0 Å². The highest BCUT2D eigenvalue weighted by Gasteiger charge is 2.54. The van der Waals surface area contributed by atoms with E-state index in [4.69, 9.17) is 25.8 Å². The number of benzene rings is 1. The van der Waals surface area contributed by atoms with Crippen molar-refractivity contribution in [1.29, 1.82) is 0 Å². The van der Waals surface area contributed by atoms with Crippen LogP contribution in [-0.4, -0.2) is 41.8 Å². The summed E-state index contributed by atoms with van der Waals surface area (Å²) in [5.74, 6) is 1.41. The van der Waals surface area contributed by atoms with Crippen LogP contribution >= 0.6 is 6.26 Å². The van der Waals surface area contributed by atoms with Crippen LogP contribution in [0.4, 0.5) is 4.79 Å². The van der Waals surface area contributed by atoms with Gasteiger partial charge in [0.15, 0.2) is 0 Å². The standard InChI is InChI=1S/C28H42NO5PS/c1-5-32-25(30)11-12-35(36,34-28-17-21-13-22(18-28)15-23(14-21)19-28)24(16-20-9-7-6-8-10-20)29-26(31)33-27(2,3)4/h6-10,21-24H,5,11-19H2,1-4H3,(H,29,31). The number of hydrogen-bond acceptors (Lipinski definition) is 6. The van der Waals surface area contributed by atoms with Crippen molar-refractivity contribution < 1.29 is 23.6 Å². The third-order valence-corrected chi connectivity index (χ3v) is 12.0. The van der Waals surface area contributed by atoms with Crippen molar-refractivity contribution in [2.45, 2.75) is 96.0 Å². The first-order chi connectivity index (χ1) is 17.0. The summed E-state index contributed by atoms with van der Waals surface area (Å²) in [6, 6.07) is 10.0. The van der Waals surface area contributed by atoms with Gasteiger partial charge < -0.3 is 19.3 Å². The van der Waals surface area contributed by atoms with Crippen LogP contribution in [0.25, 0.3) is 0 Å². The van der Waals surface area contributed by atoms with Crippen molar-refractivity contribution >= 4 is 30.1 Å². The van der Waals surface area contributed by atoms with E-state index in [9.17, 15) is 9.59 Å². The van der Waals surface area contributed by atoms with E-state index < -0.39 is 23.7 Å². The number of esters is 1. The Kier molecular flexibility index (Phi) is 8.53. The molecule has 0 spiro atoms. The molecule has 1 amide bonds. The lowest BCUT2D eigenvalue weighted by molar-refractivity contribution is -0.142. The fourth-order valence-corrected chi connectivity index (χ4v) is 10.6. The zero-order chi connectivity index (χ0) is 26.0. The Balaban J connectivity index is 1.63. The van der Waals surface area contributed by atoms with Gasteiger partial charge >= 0.3 is 12.1 Å². The van der Waals surface area contributed by atoms with Crippen LogP contribution < -0.4 is 5.32 Å². The van der Waals surface area contributed by atoms with Crippen molar-refractivity contribution in [2.24, 2.45) is 17.8 Å². The second-order valence-corrected chi connectivity index (χ2v) is 16.6. The Morgan fingerprint density at radius 1 is 1.08 bits per heavy atom. The molecule has 1 N–H and O–H groups in total. The van der Waals surface area contributed by atoms with E-state index in [1.807, 2.05) is 58.0 Å². The predicted molar refractivity (Wildman–Crippen MR) is 146 cm³/mol. The Hall–Kier alpha value is -1.43. The predicted octanol–water partition coefficient (Wildman–Crippen LogP) is 6.41. The molecule has 2 atom stereocenters. The number of ether oxygens (including phenoxy) is 2. The molecule has 4 aliphatic carbocycles. The number of amides is 1. The van der Waals surface area contributed by atoms with Crippen molar-refractivity contribution in [3.05, 3.63) is 35.9 Å². The van der Waals surface area contributed by atoms with Gasteiger partial charge in [0.25, 0.3) is 0 Å². The lowest BCUT2D eigenvalue weighted by Crippen LogP contribution is -2.52. The smallest absolute Gasteiger partial charge is 0.408 e. The van der Waals surface area contributed by atoms with Gasteiger partial charge in [-0.3, -0.25) is 4.79 Å². The molecule has 36 heavy (non-hydrogen) atoms. The van der Waals surface area contributed by atoms with Gasteiger partial charge in [0, 0.05) is 6.16 Å². The summed E-state index contributed by atoms with van der Waals surface area (Å²) in [5, 5.41) is 3.11. The van der Waals surface area contributed by atoms with Crippen LogP contribution in [0.15, 0.2) is 30.3 Å². The maximum atomic E-state index is 13.0. The molecule has 8 heteroatoms. The first-order valence-electron chi connectivity index (χ1n) is 13.5. The van der Waals surface area contributed by atoms with E-state index in [2.05, 4.69) is 5.32 Å². The molecule has 2 unspecified atom stereocenters. The topological polar surface area (TPSA) is 73.9 Å². The van der Waals surface area contributed by atoms with Gasteiger partial charge in [0.05, 0.1) is 30.7 Å². The molecular weight excluding hydrogens is 493 g/mol. The van der Waals surface area contributed by atoms with E-state index >= 15 is 0 Å². The molecule has 4 fully saturated rings. The molecule has 1 aromatic rings. The van der Waals surface area contributed by atoms with E-state index in [0.717, 1.165) is 24.8 Å². The van der Waals surface area contributed by atoms with Crippen molar-refractivity contribution in [1.82, 2.24) is 5.32 Å². The Morgan fingerprint density at radius 3 is 2.19 bits per heavy atom. The summed E-state index contributed by atoms with van der Waals surface area (Å²) >= 11 is 6.43. The highest BCUT2D eigenvalue weighted by Crippen LogP contribution is 2.65. The third-order valence-electron chi connectivity index (χ3n) is 7.69. The van der Waals surface area contributed by atoms with Gasteiger partial charge in [0.2, 0.25) is 0 Å². The van der Waals surface area contributed by atoms with Crippen molar-refractivity contribution in [2.75, 3.05) is 12.8 Å². The maximum Gasteiger partial charge on any atom is 0.408 e. The van der Waals surface area contributed by atoms with Crippen LogP contribution in [0.2, 0.25) is 0 Å². The minimum absolute atomic E-state index is 0.193. The molecule has 6 nitrogen and oxygen atoms in total. The van der Waals surface area contributed by atoms with Crippen molar-refractivity contribution in [3.63, 3.8) is 0 Å². The first-order valence-corrected chi connectivity index (χ1v) is 16.4. The molecule has 1 aromatic carbocycles. The second kappa shape index (κ2) is 11.1. The number of nitrogens with one attached hydrogen (secondary N) is 1. The molecule has 4 saturated carbocycles. The lowest BCUT2D eigenvalue weighted by Gasteiger charge is -2.57. The summed E-state index contributed by atoms with van der Waals surface area (Å²) < 4.78 is 18.1. The normalized spacial score (nSPS) is 29.3. The molecule has 0 radical (unpaired) electrons. The molecule has 4 aliphatic rings. The largest absolute Gasteiger partial charge is 0.466 e.